The molecule has 3 N–H and O–H groups in total. The molecule has 2 rings (SSSR count). The standard InChI is InChI=1S/C28H38F2N4O7/c1-6-41-26(39)24(37)33-21(17(4)5)25(38)34-14-10-13-19(34)23(36)32-20(16(2)3)22(35)28(29,30)27(40)31-15-18-11-8-7-9-12-18/h7-9,11-12,16-17,19-21H,6,10,13-15H2,1-5H3,(H,31,40)(H,32,36)(H,33,37)/t19?,20-,21-/m0/s1. The number of rotatable bonds is 12. The van der Waals surface area contributed by atoms with Crippen molar-refractivity contribution in [3.05, 3.63) is 35.9 Å². The predicted molar refractivity (Wildman–Crippen MR) is 143 cm³/mol. The summed E-state index contributed by atoms with van der Waals surface area (Å²) in [4.78, 5) is 76.9. The molecule has 0 saturated carbocycles. The number of ketones is 1. The molecule has 0 bridgehead atoms. The van der Waals surface area contributed by atoms with E-state index < -0.39 is 71.3 Å². The van der Waals surface area contributed by atoms with E-state index in [1.807, 2.05) is 0 Å². The minimum Gasteiger partial charge on any atom is -0.459 e. The summed E-state index contributed by atoms with van der Waals surface area (Å²) in [5, 5.41) is 6.71. The van der Waals surface area contributed by atoms with Crippen molar-refractivity contribution in [2.24, 2.45) is 11.8 Å². The third-order valence-corrected chi connectivity index (χ3v) is 6.66. The Kier molecular flexibility index (Phi) is 11.9. The molecule has 226 valence electrons. The van der Waals surface area contributed by atoms with E-state index in [-0.39, 0.29) is 26.1 Å². The van der Waals surface area contributed by atoms with E-state index >= 15 is 0 Å². The van der Waals surface area contributed by atoms with E-state index in [0.717, 1.165) is 0 Å². The fourth-order valence-electron chi connectivity index (χ4n) is 4.37. The second-order valence-electron chi connectivity index (χ2n) is 10.4. The van der Waals surface area contributed by atoms with E-state index in [4.69, 9.17) is 0 Å². The maximum Gasteiger partial charge on any atom is 0.396 e. The van der Waals surface area contributed by atoms with Crippen LogP contribution in [0.3, 0.4) is 0 Å². The van der Waals surface area contributed by atoms with Crippen LogP contribution < -0.4 is 16.0 Å². The summed E-state index contributed by atoms with van der Waals surface area (Å²) in [6.45, 7) is 7.55. The van der Waals surface area contributed by atoms with E-state index in [1.54, 1.807) is 44.2 Å². The molecule has 4 amide bonds. The molecular formula is C28H38F2N4O7. The SMILES string of the molecule is CCOC(=O)C(=O)N[C@H](C(=O)N1CCCC1C(=O)N[C@H](C(=O)C(F)(F)C(=O)NCc1ccccc1)C(C)C)C(C)C. The van der Waals surface area contributed by atoms with Crippen LogP contribution in [0.1, 0.15) is 53.0 Å². The first-order valence-corrected chi connectivity index (χ1v) is 13.5. The Bertz CT molecular complexity index is 1130. The third-order valence-electron chi connectivity index (χ3n) is 6.66. The number of halogens is 2. The summed E-state index contributed by atoms with van der Waals surface area (Å²) in [6, 6.07) is 4.31. The molecule has 0 spiro atoms. The highest BCUT2D eigenvalue weighted by molar-refractivity contribution is 6.33. The molecular weight excluding hydrogens is 542 g/mol. The first-order chi connectivity index (χ1) is 19.2. The van der Waals surface area contributed by atoms with Gasteiger partial charge in [-0.05, 0) is 37.2 Å². The van der Waals surface area contributed by atoms with Gasteiger partial charge in [-0.15, -0.1) is 0 Å². The van der Waals surface area contributed by atoms with Gasteiger partial charge in [-0.2, -0.15) is 8.78 Å². The van der Waals surface area contributed by atoms with Gasteiger partial charge < -0.3 is 25.6 Å². The average Bonchev–Trinajstić information content (AvgIpc) is 3.43. The predicted octanol–water partition coefficient (Wildman–Crippen LogP) is 1.34. The molecule has 1 aliphatic rings. The smallest absolute Gasteiger partial charge is 0.396 e. The van der Waals surface area contributed by atoms with E-state index in [2.05, 4.69) is 20.7 Å². The van der Waals surface area contributed by atoms with Crippen molar-refractivity contribution in [2.45, 2.75) is 78.1 Å². The monoisotopic (exact) mass is 580 g/mol. The maximum absolute atomic E-state index is 14.9. The number of alkyl halides is 2. The minimum atomic E-state index is -4.43. The van der Waals surface area contributed by atoms with Crippen LogP contribution in [0.25, 0.3) is 0 Å². The number of nitrogens with one attached hydrogen (secondary N) is 3. The highest BCUT2D eigenvalue weighted by atomic mass is 19.3. The van der Waals surface area contributed by atoms with Crippen molar-refractivity contribution >= 4 is 35.4 Å². The van der Waals surface area contributed by atoms with Gasteiger partial charge in [0.2, 0.25) is 17.6 Å². The Morgan fingerprint density at radius 3 is 2.15 bits per heavy atom. The molecule has 1 aromatic rings. The lowest BCUT2D eigenvalue weighted by atomic mass is 9.94. The molecule has 1 aromatic carbocycles. The number of carbonyl (C=O) groups is 6. The molecule has 1 fully saturated rings. The maximum atomic E-state index is 14.9. The van der Waals surface area contributed by atoms with Crippen LogP contribution in [0, 0.1) is 11.8 Å². The fourth-order valence-corrected chi connectivity index (χ4v) is 4.37. The van der Waals surface area contributed by atoms with Crippen molar-refractivity contribution in [3.63, 3.8) is 0 Å². The first kappa shape index (κ1) is 33.3. The summed E-state index contributed by atoms with van der Waals surface area (Å²) in [5.74, 6) is -13.0. The molecule has 41 heavy (non-hydrogen) atoms. The molecule has 13 heteroatoms. The summed E-state index contributed by atoms with van der Waals surface area (Å²) in [5.41, 5.74) is 0.557. The van der Waals surface area contributed by atoms with E-state index in [0.29, 0.717) is 12.0 Å². The zero-order chi connectivity index (χ0) is 30.9. The van der Waals surface area contributed by atoms with Gasteiger partial charge in [0.05, 0.1) is 12.6 Å². The molecule has 11 nitrogen and oxygen atoms in total. The molecule has 3 atom stereocenters. The largest absolute Gasteiger partial charge is 0.459 e. The Morgan fingerprint density at radius 1 is 0.976 bits per heavy atom. The van der Waals surface area contributed by atoms with Crippen LogP contribution in [0.5, 0.6) is 0 Å². The Labute approximate surface area is 237 Å². The van der Waals surface area contributed by atoms with Crippen LogP contribution in [0.15, 0.2) is 30.3 Å². The number of amides is 4. The number of ether oxygens (including phenoxy) is 1. The van der Waals surface area contributed by atoms with Gasteiger partial charge in [-0.25, -0.2) is 4.79 Å². The summed E-state index contributed by atoms with van der Waals surface area (Å²) < 4.78 is 34.5. The summed E-state index contributed by atoms with van der Waals surface area (Å²) in [6.07, 6.45) is 0.583. The fraction of sp³-hybridized carbons (Fsp3) is 0.571. The second-order valence-corrected chi connectivity index (χ2v) is 10.4. The van der Waals surface area contributed by atoms with E-state index in [1.165, 1.54) is 25.7 Å². The Morgan fingerprint density at radius 2 is 1.59 bits per heavy atom. The number of Topliss-reactive ketones (excluding diaryl/α,β-unsaturated/α-hetero) is 1. The quantitative estimate of drug-likeness (QED) is 0.192. The molecule has 1 aliphatic heterocycles. The van der Waals surface area contributed by atoms with Gasteiger partial charge in [0.15, 0.2) is 0 Å². The van der Waals surface area contributed by atoms with Crippen LogP contribution in [0.2, 0.25) is 0 Å². The lowest BCUT2D eigenvalue weighted by molar-refractivity contribution is -0.161. The number of hydrogen-bond acceptors (Lipinski definition) is 7. The molecule has 1 heterocycles. The van der Waals surface area contributed by atoms with Gasteiger partial charge in [-0.3, -0.25) is 24.0 Å². The highest BCUT2D eigenvalue weighted by Crippen LogP contribution is 2.24. The number of nitrogens with zero attached hydrogens (tertiary/aromatic N) is 1. The molecule has 1 saturated heterocycles. The third kappa shape index (κ3) is 8.54. The van der Waals surface area contributed by atoms with Crippen molar-refractivity contribution < 1.29 is 42.3 Å². The number of benzene rings is 1. The van der Waals surface area contributed by atoms with Gasteiger partial charge in [0.25, 0.3) is 5.91 Å². The minimum absolute atomic E-state index is 0.0373. The molecule has 1 unspecified atom stereocenters. The number of likely N-dealkylation sites (tertiary alicyclic amines) is 1. The second kappa shape index (κ2) is 14.6. The van der Waals surface area contributed by atoms with Gasteiger partial charge in [0.1, 0.15) is 12.1 Å². The highest BCUT2D eigenvalue weighted by Gasteiger charge is 2.51. The van der Waals surface area contributed by atoms with E-state index in [9.17, 15) is 37.5 Å². The summed E-state index contributed by atoms with van der Waals surface area (Å²) in [7, 11) is 0. The molecule has 0 aliphatic carbocycles. The first-order valence-electron chi connectivity index (χ1n) is 13.5. The zero-order valence-electron chi connectivity index (χ0n) is 23.9. The zero-order valence-corrected chi connectivity index (χ0v) is 23.9. The van der Waals surface area contributed by atoms with Crippen molar-refractivity contribution in [1.82, 2.24) is 20.9 Å². The van der Waals surface area contributed by atoms with Gasteiger partial charge >= 0.3 is 17.8 Å². The van der Waals surface area contributed by atoms with Crippen molar-refractivity contribution in [1.29, 1.82) is 0 Å². The lowest BCUT2D eigenvalue weighted by Crippen LogP contribution is -2.60. The molecule has 0 radical (unpaired) electrons. The van der Waals surface area contributed by atoms with Crippen LogP contribution in [-0.2, 0) is 40.0 Å². The van der Waals surface area contributed by atoms with Gasteiger partial charge in [-0.1, -0.05) is 58.0 Å². The van der Waals surface area contributed by atoms with Crippen molar-refractivity contribution in [3.8, 4) is 0 Å². The van der Waals surface area contributed by atoms with Crippen LogP contribution >= 0.6 is 0 Å². The Hall–Kier alpha value is -3.90. The average molecular weight is 581 g/mol. The topological polar surface area (TPSA) is 151 Å². The van der Waals surface area contributed by atoms with Gasteiger partial charge in [0, 0.05) is 13.1 Å². The normalized spacial score (nSPS) is 16.6. The lowest BCUT2D eigenvalue weighted by Gasteiger charge is -2.32. The number of esters is 1. The summed E-state index contributed by atoms with van der Waals surface area (Å²) >= 11 is 0. The van der Waals surface area contributed by atoms with Crippen LogP contribution in [-0.4, -0.2) is 77.5 Å². The number of hydrogen-bond donors (Lipinski definition) is 3. The number of carbonyl (C=O) groups excluding carboxylic acids is 6. The Balaban J connectivity index is 2.14. The van der Waals surface area contributed by atoms with Crippen molar-refractivity contribution in [2.75, 3.05) is 13.2 Å². The molecule has 0 aromatic heterocycles. The van der Waals surface area contributed by atoms with Crippen LogP contribution in [0.4, 0.5) is 8.78 Å².